The van der Waals surface area contributed by atoms with Gasteiger partial charge in [0.05, 0.1) is 10.6 Å². The van der Waals surface area contributed by atoms with E-state index in [-0.39, 0.29) is 10.7 Å². The minimum Gasteiger partial charge on any atom is -0.379 e. The molecular weight excluding hydrogens is 349 g/mol. The standard InChI is InChI=1S/C14H10ClF3N4O2/c15-10-6-8(14(16,17)18)7-20-11(10)12(19)22-24-13(23)21-9-4-2-1-3-5-9/h1-7H,(H2,19,22)(H,21,23). The number of hydrogen-bond donors (Lipinski definition) is 2. The topological polar surface area (TPSA) is 89.6 Å². The Hall–Kier alpha value is -2.81. The molecule has 0 bridgehead atoms. The van der Waals surface area contributed by atoms with Crippen LogP contribution < -0.4 is 11.1 Å². The summed E-state index contributed by atoms with van der Waals surface area (Å²) in [6, 6.07) is 9.02. The number of benzene rings is 1. The Kier molecular flexibility index (Phi) is 5.24. The second kappa shape index (κ2) is 7.18. The number of hydrogen-bond acceptors (Lipinski definition) is 4. The van der Waals surface area contributed by atoms with Crippen LogP contribution in [-0.4, -0.2) is 16.9 Å². The highest BCUT2D eigenvalue weighted by molar-refractivity contribution is 6.33. The van der Waals surface area contributed by atoms with Gasteiger partial charge in [-0.15, -0.1) is 0 Å². The van der Waals surface area contributed by atoms with Crippen LogP contribution in [0.1, 0.15) is 11.3 Å². The number of amides is 1. The molecule has 1 aromatic heterocycles. The van der Waals surface area contributed by atoms with Gasteiger partial charge in [0.15, 0.2) is 5.84 Å². The molecule has 0 saturated heterocycles. The quantitative estimate of drug-likeness (QED) is 0.379. The van der Waals surface area contributed by atoms with Crippen LogP contribution in [0.3, 0.4) is 0 Å². The van der Waals surface area contributed by atoms with E-state index in [4.69, 9.17) is 17.3 Å². The Balaban J connectivity index is 2.07. The number of nitrogens with two attached hydrogens (primary N) is 1. The van der Waals surface area contributed by atoms with E-state index in [0.717, 1.165) is 0 Å². The second-order valence-corrected chi connectivity index (χ2v) is 4.81. The molecule has 0 spiro atoms. The highest BCUT2D eigenvalue weighted by Crippen LogP contribution is 2.30. The number of anilines is 1. The van der Waals surface area contributed by atoms with Crippen molar-refractivity contribution in [3.8, 4) is 0 Å². The fraction of sp³-hybridized carbons (Fsp3) is 0.0714. The van der Waals surface area contributed by atoms with E-state index in [0.29, 0.717) is 18.0 Å². The molecule has 0 atom stereocenters. The largest absolute Gasteiger partial charge is 0.437 e. The van der Waals surface area contributed by atoms with Gasteiger partial charge in [0.25, 0.3) is 0 Å². The average Bonchev–Trinajstić information content (AvgIpc) is 2.52. The molecule has 2 rings (SSSR count). The molecule has 0 saturated carbocycles. The molecule has 6 nitrogen and oxygen atoms in total. The fourth-order valence-electron chi connectivity index (χ4n) is 1.58. The molecule has 1 heterocycles. The number of aromatic nitrogens is 1. The molecule has 126 valence electrons. The lowest BCUT2D eigenvalue weighted by Gasteiger charge is -2.08. The lowest BCUT2D eigenvalue weighted by molar-refractivity contribution is -0.137. The van der Waals surface area contributed by atoms with Gasteiger partial charge < -0.3 is 5.73 Å². The number of rotatable bonds is 3. The summed E-state index contributed by atoms with van der Waals surface area (Å²) in [5, 5.41) is 5.29. The molecule has 0 aliphatic heterocycles. The van der Waals surface area contributed by atoms with Crippen LogP contribution in [0.2, 0.25) is 5.02 Å². The molecule has 1 aromatic carbocycles. The van der Waals surface area contributed by atoms with E-state index in [9.17, 15) is 18.0 Å². The summed E-state index contributed by atoms with van der Waals surface area (Å²) < 4.78 is 37.6. The average molecular weight is 359 g/mol. The summed E-state index contributed by atoms with van der Waals surface area (Å²) in [5.74, 6) is -0.447. The van der Waals surface area contributed by atoms with Gasteiger partial charge in [-0.1, -0.05) is 35.0 Å². The number of nitrogens with zero attached hydrogens (tertiary/aromatic N) is 2. The van der Waals surface area contributed by atoms with Crippen LogP contribution in [0.25, 0.3) is 0 Å². The highest BCUT2D eigenvalue weighted by Gasteiger charge is 2.31. The van der Waals surface area contributed by atoms with E-state index in [1.165, 1.54) is 0 Å². The zero-order valence-corrected chi connectivity index (χ0v) is 12.6. The SMILES string of the molecule is N/C(=N/OC(=O)Nc1ccccc1)c1ncc(C(F)(F)F)cc1Cl. The van der Waals surface area contributed by atoms with E-state index >= 15 is 0 Å². The first kappa shape index (κ1) is 17.5. The monoisotopic (exact) mass is 358 g/mol. The predicted octanol–water partition coefficient (Wildman–Crippen LogP) is 3.62. The van der Waals surface area contributed by atoms with Gasteiger partial charge in [-0.3, -0.25) is 15.1 Å². The van der Waals surface area contributed by atoms with Gasteiger partial charge in [0.2, 0.25) is 0 Å². The van der Waals surface area contributed by atoms with Crippen molar-refractivity contribution in [2.75, 3.05) is 5.32 Å². The van der Waals surface area contributed by atoms with Crippen LogP contribution in [0, 0.1) is 0 Å². The van der Waals surface area contributed by atoms with Crippen LogP contribution in [0.15, 0.2) is 47.8 Å². The molecule has 1 amide bonds. The summed E-state index contributed by atoms with van der Waals surface area (Å²) in [6.07, 6.45) is -4.98. The molecule has 0 radical (unpaired) electrons. The number of nitrogens with one attached hydrogen (secondary N) is 1. The number of carbonyl (C=O) groups is 1. The van der Waals surface area contributed by atoms with Crippen molar-refractivity contribution in [3.63, 3.8) is 0 Å². The molecule has 10 heteroatoms. The Morgan fingerprint density at radius 2 is 1.96 bits per heavy atom. The van der Waals surface area contributed by atoms with Crippen molar-refractivity contribution in [1.82, 2.24) is 4.98 Å². The third-order valence-corrected chi connectivity index (χ3v) is 2.95. The van der Waals surface area contributed by atoms with Crippen molar-refractivity contribution >= 4 is 29.2 Å². The molecule has 2 aromatic rings. The zero-order chi connectivity index (χ0) is 17.7. The maximum absolute atomic E-state index is 12.5. The third-order valence-electron chi connectivity index (χ3n) is 2.66. The molecule has 3 N–H and O–H groups in total. The van der Waals surface area contributed by atoms with Crippen LogP contribution in [0.5, 0.6) is 0 Å². The van der Waals surface area contributed by atoms with Crippen LogP contribution in [0.4, 0.5) is 23.7 Å². The maximum atomic E-state index is 12.5. The summed E-state index contributed by atoms with van der Waals surface area (Å²) in [5.41, 5.74) is 4.70. The summed E-state index contributed by atoms with van der Waals surface area (Å²) in [4.78, 5) is 19.5. The van der Waals surface area contributed by atoms with Gasteiger partial charge in [-0.2, -0.15) is 13.2 Å². The second-order valence-electron chi connectivity index (χ2n) is 4.40. The van der Waals surface area contributed by atoms with E-state index in [1.54, 1.807) is 30.3 Å². The first-order chi connectivity index (χ1) is 11.3. The van der Waals surface area contributed by atoms with Crippen molar-refractivity contribution < 1.29 is 22.8 Å². The highest BCUT2D eigenvalue weighted by atomic mass is 35.5. The zero-order valence-electron chi connectivity index (χ0n) is 11.8. The lowest BCUT2D eigenvalue weighted by atomic mass is 10.2. The van der Waals surface area contributed by atoms with E-state index in [1.807, 2.05) is 0 Å². The van der Waals surface area contributed by atoms with Gasteiger partial charge in [0.1, 0.15) is 5.69 Å². The van der Waals surface area contributed by atoms with Crippen molar-refractivity contribution in [3.05, 3.63) is 58.9 Å². The Morgan fingerprint density at radius 3 is 2.54 bits per heavy atom. The van der Waals surface area contributed by atoms with Gasteiger partial charge in [-0.05, 0) is 18.2 Å². The fourth-order valence-corrected chi connectivity index (χ4v) is 1.84. The molecule has 0 aliphatic carbocycles. The summed E-state index contributed by atoms with van der Waals surface area (Å²) in [6.45, 7) is 0. The maximum Gasteiger partial charge on any atom is 0.437 e. The van der Waals surface area contributed by atoms with Crippen molar-refractivity contribution in [2.24, 2.45) is 10.9 Å². The van der Waals surface area contributed by atoms with Crippen molar-refractivity contribution in [1.29, 1.82) is 0 Å². The predicted molar refractivity (Wildman–Crippen MR) is 81.5 cm³/mol. The van der Waals surface area contributed by atoms with Crippen LogP contribution >= 0.6 is 11.6 Å². The number of carbonyl (C=O) groups excluding carboxylic acids is 1. The van der Waals surface area contributed by atoms with Crippen molar-refractivity contribution in [2.45, 2.75) is 6.18 Å². The molecule has 0 fully saturated rings. The van der Waals surface area contributed by atoms with Gasteiger partial charge in [0, 0.05) is 11.9 Å². The first-order valence-corrected chi connectivity index (χ1v) is 6.75. The minimum atomic E-state index is -4.59. The van der Waals surface area contributed by atoms with Crippen LogP contribution in [-0.2, 0) is 11.0 Å². The number of alkyl halides is 3. The Bertz CT molecular complexity index is 766. The third kappa shape index (κ3) is 4.59. The van der Waals surface area contributed by atoms with E-state index < -0.39 is 23.7 Å². The number of halogens is 4. The molecule has 0 unspecified atom stereocenters. The Morgan fingerprint density at radius 1 is 1.29 bits per heavy atom. The summed E-state index contributed by atoms with van der Waals surface area (Å²) in [7, 11) is 0. The lowest BCUT2D eigenvalue weighted by Crippen LogP contribution is -2.19. The molecular formula is C14H10ClF3N4O2. The summed E-state index contributed by atoms with van der Waals surface area (Å²) >= 11 is 5.70. The number of para-hydroxylation sites is 1. The number of oxime groups is 1. The molecule has 24 heavy (non-hydrogen) atoms. The van der Waals surface area contributed by atoms with E-state index in [2.05, 4.69) is 20.3 Å². The number of amidine groups is 1. The van der Waals surface area contributed by atoms with Gasteiger partial charge in [-0.25, -0.2) is 4.79 Å². The smallest absolute Gasteiger partial charge is 0.379 e. The molecule has 0 aliphatic rings. The first-order valence-electron chi connectivity index (χ1n) is 6.37. The Labute approximate surface area is 139 Å². The minimum absolute atomic E-state index is 0.239. The van der Waals surface area contributed by atoms with Gasteiger partial charge >= 0.3 is 12.3 Å². The normalized spacial score (nSPS) is 11.9. The number of pyridine rings is 1.